The van der Waals surface area contributed by atoms with Crippen LogP contribution in [0, 0.1) is 0 Å². The number of halogens is 1. The van der Waals surface area contributed by atoms with E-state index >= 15 is 0 Å². The number of likely N-dealkylation sites (N-methyl/N-ethyl adjacent to an activating group) is 1. The average molecular weight is 344 g/mol. The zero-order chi connectivity index (χ0) is 17.1. The van der Waals surface area contributed by atoms with Gasteiger partial charge in [0.05, 0.1) is 11.2 Å². The van der Waals surface area contributed by atoms with E-state index in [2.05, 4.69) is 5.10 Å². The number of aryl methyl sites for hydroxylation is 1. The summed E-state index contributed by atoms with van der Waals surface area (Å²) in [5, 5.41) is 4.72. The maximum absolute atomic E-state index is 12.5. The van der Waals surface area contributed by atoms with Gasteiger partial charge in [-0.3, -0.25) is 9.48 Å². The normalized spacial score (nSPS) is 10.8. The van der Waals surface area contributed by atoms with Crippen LogP contribution in [0.5, 0.6) is 0 Å². The Bertz CT molecular complexity index is 853. The number of benzene rings is 1. The van der Waals surface area contributed by atoms with Gasteiger partial charge in [0.25, 0.3) is 5.91 Å². The largest absolute Gasteiger partial charge is 0.451 e. The van der Waals surface area contributed by atoms with Crippen LogP contribution in [0.15, 0.2) is 53.2 Å². The lowest BCUT2D eigenvalue weighted by Crippen LogP contribution is -2.28. The zero-order valence-corrected chi connectivity index (χ0v) is 14.3. The van der Waals surface area contributed by atoms with Crippen molar-refractivity contribution in [3.05, 3.63) is 65.1 Å². The summed E-state index contributed by atoms with van der Waals surface area (Å²) < 4.78 is 7.45. The molecule has 24 heavy (non-hydrogen) atoms. The van der Waals surface area contributed by atoms with Crippen molar-refractivity contribution in [3.8, 4) is 11.3 Å². The molecule has 0 N–H and O–H groups in total. The van der Waals surface area contributed by atoms with Crippen molar-refractivity contribution >= 4 is 17.5 Å². The predicted molar refractivity (Wildman–Crippen MR) is 93.0 cm³/mol. The van der Waals surface area contributed by atoms with E-state index in [-0.39, 0.29) is 5.91 Å². The van der Waals surface area contributed by atoms with E-state index in [0.717, 1.165) is 17.5 Å². The van der Waals surface area contributed by atoms with E-state index in [0.29, 0.717) is 23.1 Å². The average Bonchev–Trinajstić information content (AvgIpc) is 3.21. The summed E-state index contributed by atoms with van der Waals surface area (Å²) in [5.74, 6) is 0.736. The third kappa shape index (κ3) is 3.51. The molecular weight excluding hydrogens is 326 g/mol. The molecule has 2 aromatic heterocycles. The van der Waals surface area contributed by atoms with Crippen molar-refractivity contribution in [1.82, 2.24) is 14.7 Å². The lowest BCUT2D eigenvalue weighted by atomic mass is 10.2. The highest BCUT2D eigenvalue weighted by molar-refractivity contribution is 6.33. The summed E-state index contributed by atoms with van der Waals surface area (Å²) in [6, 6.07) is 10.8. The van der Waals surface area contributed by atoms with E-state index in [1.54, 1.807) is 41.0 Å². The van der Waals surface area contributed by atoms with Gasteiger partial charge in [0.15, 0.2) is 5.76 Å². The number of nitrogens with zero attached hydrogens (tertiary/aromatic N) is 3. The Balaban J connectivity index is 1.68. The molecule has 2 heterocycles. The van der Waals surface area contributed by atoms with Crippen molar-refractivity contribution in [3.63, 3.8) is 0 Å². The third-order valence-corrected chi connectivity index (χ3v) is 4.13. The lowest BCUT2D eigenvalue weighted by Gasteiger charge is -2.15. The first-order valence-corrected chi connectivity index (χ1v) is 8.00. The van der Waals surface area contributed by atoms with Crippen LogP contribution in [-0.4, -0.2) is 34.2 Å². The monoisotopic (exact) mass is 343 g/mol. The van der Waals surface area contributed by atoms with Gasteiger partial charge in [0, 0.05) is 32.4 Å². The molecule has 0 fully saturated rings. The highest BCUT2D eigenvalue weighted by atomic mass is 35.5. The Morgan fingerprint density at radius 1 is 1.29 bits per heavy atom. The molecule has 0 aliphatic heterocycles. The summed E-state index contributed by atoms with van der Waals surface area (Å²) >= 11 is 6.17. The van der Waals surface area contributed by atoms with Crippen LogP contribution < -0.4 is 0 Å². The number of hydrogen-bond acceptors (Lipinski definition) is 3. The summed E-state index contributed by atoms with van der Waals surface area (Å²) in [6.45, 7) is 0.590. The molecule has 0 aliphatic carbocycles. The maximum atomic E-state index is 12.5. The molecular formula is C18H18ClN3O2. The molecule has 0 unspecified atom stereocenters. The fourth-order valence-corrected chi connectivity index (χ4v) is 2.67. The van der Waals surface area contributed by atoms with E-state index in [1.165, 1.54) is 0 Å². The molecule has 3 rings (SSSR count). The number of carbonyl (C=O) groups excluding carboxylic acids is 1. The van der Waals surface area contributed by atoms with Crippen LogP contribution in [0.25, 0.3) is 11.3 Å². The molecule has 6 heteroatoms. The van der Waals surface area contributed by atoms with Gasteiger partial charge in [0.2, 0.25) is 0 Å². The predicted octanol–water partition coefficient (Wildman–Crippen LogP) is 3.65. The van der Waals surface area contributed by atoms with E-state index in [4.69, 9.17) is 16.0 Å². The van der Waals surface area contributed by atoms with Crippen LogP contribution >= 0.6 is 11.6 Å². The van der Waals surface area contributed by atoms with Gasteiger partial charge < -0.3 is 9.32 Å². The van der Waals surface area contributed by atoms with Crippen molar-refractivity contribution in [1.29, 1.82) is 0 Å². The first kappa shape index (κ1) is 16.3. The Morgan fingerprint density at radius 2 is 2.08 bits per heavy atom. The number of hydrogen-bond donors (Lipinski definition) is 0. The molecule has 0 bridgehead atoms. The Hall–Kier alpha value is -2.53. The minimum Gasteiger partial charge on any atom is -0.451 e. The molecule has 0 spiro atoms. The molecule has 3 aromatic rings. The third-order valence-electron chi connectivity index (χ3n) is 3.80. The number of carbonyl (C=O) groups is 1. The SMILES string of the molecule is CN(CCc1cnn(C)c1)C(=O)c1ccc(-c2ccccc2Cl)o1. The van der Waals surface area contributed by atoms with Crippen LogP contribution in [-0.2, 0) is 13.5 Å². The molecule has 0 atom stereocenters. The van der Waals surface area contributed by atoms with Gasteiger partial charge in [-0.25, -0.2) is 0 Å². The van der Waals surface area contributed by atoms with Crippen LogP contribution in [0.4, 0.5) is 0 Å². The first-order chi connectivity index (χ1) is 11.5. The smallest absolute Gasteiger partial charge is 0.289 e. The van der Waals surface area contributed by atoms with Gasteiger partial charge in [0.1, 0.15) is 5.76 Å². The molecule has 124 valence electrons. The van der Waals surface area contributed by atoms with E-state index in [9.17, 15) is 4.79 Å². The molecule has 0 aliphatic rings. The minimum atomic E-state index is -0.155. The lowest BCUT2D eigenvalue weighted by molar-refractivity contribution is 0.0766. The number of amides is 1. The second-order valence-corrected chi connectivity index (χ2v) is 6.05. The van der Waals surface area contributed by atoms with Gasteiger partial charge in [-0.05, 0) is 36.2 Å². The van der Waals surface area contributed by atoms with Crippen LogP contribution in [0.3, 0.4) is 0 Å². The minimum absolute atomic E-state index is 0.155. The molecule has 0 radical (unpaired) electrons. The summed E-state index contributed by atoms with van der Waals surface area (Å²) in [7, 11) is 3.63. The highest BCUT2D eigenvalue weighted by Crippen LogP contribution is 2.29. The Labute approximate surface area is 145 Å². The molecule has 1 aromatic carbocycles. The van der Waals surface area contributed by atoms with Crippen molar-refractivity contribution in [2.24, 2.45) is 7.05 Å². The maximum Gasteiger partial charge on any atom is 0.289 e. The molecule has 1 amide bonds. The van der Waals surface area contributed by atoms with Gasteiger partial charge in [-0.15, -0.1) is 0 Å². The Morgan fingerprint density at radius 3 is 2.79 bits per heavy atom. The first-order valence-electron chi connectivity index (χ1n) is 7.62. The Kier molecular flexibility index (Phi) is 4.71. The number of aromatic nitrogens is 2. The van der Waals surface area contributed by atoms with Gasteiger partial charge >= 0.3 is 0 Å². The highest BCUT2D eigenvalue weighted by Gasteiger charge is 2.17. The standard InChI is InChI=1S/C18H18ClN3O2/c1-21(10-9-13-11-20-22(2)12-13)18(23)17-8-7-16(24-17)14-5-3-4-6-15(14)19/h3-8,11-12H,9-10H2,1-2H3. The van der Waals surface area contributed by atoms with E-state index < -0.39 is 0 Å². The molecule has 5 nitrogen and oxygen atoms in total. The summed E-state index contributed by atoms with van der Waals surface area (Å²) in [6.07, 6.45) is 4.50. The topological polar surface area (TPSA) is 51.3 Å². The van der Waals surface area contributed by atoms with Gasteiger partial charge in [-0.1, -0.05) is 23.7 Å². The number of rotatable bonds is 5. The van der Waals surface area contributed by atoms with Crippen molar-refractivity contribution in [2.45, 2.75) is 6.42 Å². The summed E-state index contributed by atoms with van der Waals surface area (Å²) in [4.78, 5) is 14.1. The fraction of sp³-hybridized carbons (Fsp3) is 0.222. The van der Waals surface area contributed by atoms with Gasteiger partial charge in [-0.2, -0.15) is 5.10 Å². The zero-order valence-electron chi connectivity index (χ0n) is 13.6. The quantitative estimate of drug-likeness (QED) is 0.710. The second kappa shape index (κ2) is 6.93. The number of furan rings is 1. The van der Waals surface area contributed by atoms with E-state index in [1.807, 2.05) is 31.4 Å². The summed E-state index contributed by atoms with van der Waals surface area (Å²) in [5.41, 5.74) is 1.87. The molecule has 0 saturated carbocycles. The van der Waals surface area contributed by atoms with Crippen molar-refractivity contribution < 1.29 is 9.21 Å². The fourth-order valence-electron chi connectivity index (χ4n) is 2.45. The second-order valence-electron chi connectivity index (χ2n) is 5.64. The van der Waals surface area contributed by atoms with Crippen molar-refractivity contribution in [2.75, 3.05) is 13.6 Å². The van der Waals surface area contributed by atoms with Crippen LogP contribution in [0.2, 0.25) is 5.02 Å². The molecule has 0 saturated heterocycles. The van der Waals surface area contributed by atoms with Crippen LogP contribution in [0.1, 0.15) is 16.1 Å².